The summed E-state index contributed by atoms with van der Waals surface area (Å²) >= 11 is 1.47. The van der Waals surface area contributed by atoms with Gasteiger partial charge in [-0.05, 0) is 18.2 Å². The lowest BCUT2D eigenvalue weighted by molar-refractivity contribution is -0.154. The highest BCUT2D eigenvalue weighted by molar-refractivity contribution is 7.16. The Morgan fingerprint density at radius 2 is 2.30 bits per heavy atom. The molecule has 3 rings (SSSR count). The number of carboxylic acids is 1. The van der Waals surface area contributed by atoms with Crippen molar-refractivity contribution in [1.82, 2.24) is 9.88 Å². The molecular weight excluding hydrogens is 280 g/mol. The lowest BCUT2D eigenvalue weighted by Crippen LogP contribution is -2.48. The van der Waals surface area contributed by atoms with Gasteiger partial charge in [-0.15, -0.1) is 11.3 Å². The predicted octanol–water partition coefficient (Wildman–Crippen LogP) is 1.22. The number of carbonyl (C=O) groups excluding carboxylic acids is 1. The number of aromatic nitrogens is 1. The standard InChI is InChI=1S/C13H12N2O4S/c16-12(15-3-4-19-10(6-15)13(17)18)8-1-2-9-11(5-8)20-7-14-9/h1-2,5,7,10H,3-4,6H2,(H,17,18). The molecule has 0 bridgehead atoms. The first-order valence-electron chi connectivity index (χ1n) is 6.12. The van der Waals surface area contributed by atoms with Crippen LogP contribution in [0.1, 0.15) is 10.4 Å². The van der Waals surface area contributed by atoms with Crippen molar-refractivity contribution >= 4 is 33.4 Å². The number of ether oxygens (including phenoxy) is 1. The number of rotatable bonds is 2. The Hall–Kier alpha value is -1.99. The normalized spacial score (nSPS) is 19.2. The molecule has 6 nitrogen and oxygen atoms in total. The van der Waals surface area contributed by atoms with E-state index in [1.54, 1.807) is 23.7 Å². The van der Waals surface area contributed by atoms with Gasteiger partial charge in [0.1, 0.15) is 0 Å². The fourth-order valence-electron chi connectivity index (χ4n) is 2.15. The Kier molecular flexibility index (Phi) is 3.37. The first-order chi connectivity index (χ1) is 9.65. The number of hydrogen-bond donors (Lipinski definition) is 1. The van der Waals surface area contributed by atoms with Crippen LogP contribution in [-0.2, 0) is 9.53 Å². The number of thiazole rings is 1. The molecule has 0 aliphatic carbocycles. The largest absolute Gasteiger partial charge is 0.479 e. The second kappa shape index (κ2) is 5.18. The van der Waals surface area contributed by atoms with E-state index in [-0.39, 0.29) is 19.1 Å². The van der Waals surface area contributed by atoms with Crippen LogP contribution in [0.25, 0.3) is 10.2 Å². The van der Waals surface area contributed by atoms with Crippen molar-refractivity contribution in [2.75, 3.05) is 19.7 Å². The van der Waals surface area contributed by atoms with Gasteiger partial charge in [0.25, 0.3) is 5.91 Å². The van der Waals surface area contributed by atoms with Gasteiger partial charge in [-0.25, -0.2) is 9.78 Å². The minimum atomic E-state index is -1.04. The van der Waals surface area contributed by atoms with Crippen molar-refractivity contribution in [2.24, 2.45) is 0 Å². The number of fused-ring (bicyclic) bond motifs is 1. The monoisotopic (exact) mass is 292 g/mol. The summed E-state index contributed by atoms with van der Waals surface area (Å²) in [5.74, 6) is -1.21. The van der Waals surface area contributed by atoms with Crippen LogP contribution in [0.3, 0.4) is 0 Å². The van der Waals surface area contributed by atoms with Gasteiger partial charge in [-0.2, -0.15) is 0 Å². The van der Waals surface area contributed by atoms with Crippen LogP contribution in [-0.4, -0.2) is 52.7 Å². The zero-order valence-corrected chi connectivity index (χ0v) is 11.3. The molecule has 20 heavy (non-hydrogen) atoms. The summed E-state index contributed by atoms with van der Waals surface area (Å²) in [7, 11) is 0. The van der Waals surface area contributed by atoms with Crippen molar-refractivity contribution < 1.29 is 19.4 Å². The summed E-state index contributed by atoms with van der Waals surface area (Å²) in [5, 5.41) is 8.95. The fourth-order valence-corrected chi connectivity index (χ4v) is 2.87. The third-order valence-electron chi connectivity index (χ3n) is 3.21. The Morgan fingerprint density at radius 1 is 1.45 bits per heavy atom. The maximum Gasteiger partial charge on any atom is 0.334 e. The van der Waals surface area contributed by atoms with Gasteiger partial charge in [-0.1, -0.05) is 0 Å². The second-order valence-electron chi connectivity index (χ2n) is 4.48. The zero-order valence-electron chi connectivity index (χ0n) is 10.5. The lowest BCUT2D eigenvalue weighted by atomic mass is 10.1. The number of morpholine rings is 1. The van der Waals surface area contributed by atoms with Crippen LogP contribution in [0.15, 0.2) is 23.7 Å². The molecule has 1 aromatic carbocycles. The summed E-state index contributed by atoms with van der Waals surface area (Å²) in [6, 6.07) is 5.31. The quantitative estimate of drug-likeness (QED) is 0.900. The average Bonchev–Trinajstić information content (AvgIpc) is 2.94. The van der Waals surface area contributed by atoms with Gasteiger partial charge in [0.2, 0.25) is 0 Å². The minimum absolute atomic E-state index is 0.0783. The number of nitrogens with zero attached hydrogens (tertiary/aromatic N) is 2. The van der Waals surface area contributed by atoms with Gasteiger partial charge >= 0.3 is 5.97 Å². The first kappa shape index (κ1) is 13.0. The number of carbonyl (C=O) groups is 2. The molecule has 1 amide bonds. The Labute approximate surface area is 118 Å². The van der Waals surface area contributed by atoms with Gasteiger partial charge in [-0.3, -0.25) is 4.79 Å². The van der Waals surface area contributed by atoms with E-state index in [2.05, 4.69) is 4.98 Å². The smallest absolute Gasteiger partial charge is 0.334 e. The molecule has 1 atom stereocenters. The molecule has 7 heteroatoms. The Balaban J connectivity index is 1.82. The number of amides is 1. The maximum absolute atomic E-state index is 12.4. The Bertz CT molecular complexity index is 669. The van der Waals surface area contributed by atoms with E-state index in [9.17, 15) is 9.59 Å². The lowest BCUT2D eigenvalue weighted by Gasteiger charge is -2.30. The molecule has 1 saturated heterocycles. The van der Waals surface area contributed by atoms with E-state index >= 15 is 0 Å². The number of aliphatic carboxylic acids is 1. The maximum atomic E-state index is 12.4. The van der Waals surface area contributed by atoms with Crippen molar-refractivity contribution in [3.63, 3.8) is 0 Å². The third-order valence-corrected chi connectivity index (χ3v) is 4.00. The van der Waals surface area contributed by atoms with Gasteiger partial charge < -0.3 is 14.7 Å². The van der Waals surface area contributed by atoms with Gasteiger partial charge in [0.15, 0.2) is 6.10 Å². The van der Waals surface area contributed by atoms with E-state index in [1.807, 2.05) is 0 Å². The molecule has 2 aromatic rings. The summed E-state index contributed by atoms with van der Waals surface area (Å²) in [6.07, 6.45) is -0.945. The molecule has 0 spiro atoms. The van der Waals surface area contributed by atoms with Crippen molar-refractivity contribution in [1.29, 1.82) is 0 Å². The SMILES string of the molecule is O=C(O)C1CN(C(=O)c2ccc3ncsc3c2)CCO1. The molecule has 1 unspecified atom stereocenters. The van der Waals surface area contributed by atoms with E-state index in [0.29, 0.717) is 12.1 Å². The van der Waals surface area contributed by atoms with Crippen LogP contribution < -0.4 is 0 Å². The molecule has 1 aromatic heterocycles. The molecule has 2 heterocycles. The topological polar surface area (TPSA) is 79.7 Å². The Morgan fingerprint density at radius 3 is 3.10 bits per heavy atom. The number of benzene rings is 1. The zero-order chi connectivity index (χ0) is 14.1. The van der Waals surface area contributed by atoms with Crippen LogP contribution in [0, 0.1) is 0 Å². The number of hydrogen-bond acceptors (Lipinski definition) is 5. The van der Waals surface area contributed by atoms with Crippen molar-refractivity contribution in [3.05, 3.63) is 29.3 Å². The summed E-state index contributed by atoms with van der Waals surface area (Å²) in [5.41, 5.74) is 3.14. The molecule has 0 radical (unpaired) electrons. The predicted molar refractivity (Wildman–Crippen MR) is 72.9 cm³/mol. The van der Waals surface area contributed by atoms with Crippen molar-refractivity contribution in [2.45, 2.75) is 6.10 Å². The second-order valence-corrected chi connectivity index (χ2v) is 5.37. The number of carboxylic acid groups (broad SMARTS) is 1. The van der Waals surface area contributed by atoms with Gasteiger partial charge in [0, 0.05) is 12.1 Å². The van der Waals surface area contributed by atoms with Crippen molar-refractivity contribution in [3.8, 4) is 0 Å². The molecular formula is C13H12N2O4S. The highest BCUT2D eigenvalue weighted by Crippen LogP contribution is 2.20. The molecule has 1 N–H and O–H groups in total. The molecule has 104 valence electrons. The molecule has 0 saturated carbocycles. The molecule has 1 aliphatic heterocycles. The highest BCUT2D eigenvalue weighted by Gasteiger charge is 2.29. The molecule has 1 aliphatic rings. The summed E-state index contributed by atoms with van der Waals surface area (Å²) < 4.78 is 6.06. The van der Waals surface area contributed by atoms with E-state index in [4.69, 9.17) is 9.84 Å². The highest BCUT2D eigenvalue weighted by atomic mass is 32.1. The summed E-state index contributed by atoms with van der Waals surface area (Å²) in [4.78, 5) is 29.0. The van der Waals surface area contributed by atoms with E-state index < -0.39 is 12.1 Å². The third kappa shape index (κ3) is 2.37. The van der Waals surface area contributed by atoms with Crippen LogP contribution in [0.4, 0.5) is 0 Å². The van der Waals surface area contributed by atoms with Crippen LogP contribution in [0.2, 0.25) is 0 Å². The fraction of sp³-hybridized carbons (Fsp3) is 0.308. The van der Waals surface area contributed by atoms with E-state index in [0.717, 1.165) is 10.2 Å². The van der Waals surface area contributed by atoms with Gasteiger partial charge in [0.05, 0.1) is 28.9 Å². The minimum Gasteiger partial charge on any atom is -0.479 e. The summed E-state index contributed by atoms with van der Waals surface area (Å²) in [6.45, 7) is 0.726. The molecule has 1 fully saturated rings. The average molecular weight is 292 g/mol. The van der Waals surface area contributed by atoms with E-state index in [1.165, 1.54) is 16.2 Å². The van der Waals surface area contributed by atoms with Crippen LogP contribution in [0.5, 0.6) is 0 Å². The first-order valence-corrected chi connectivity index (χ1v) is 7.00. The van der Waals surface area contributed by atoms with Crippen LogP contribution >= 0.6 is 11.3 Å².